The molecule has 1 aromatic rings. The molecule has 0 spiro atoms. The van der Waals surface area contributed by atoms with Gasteiger partial charge in [0.25, 0.3) is 0 Å². The van der Waals surface area contributed by atoms with Gasteiger partial charge in [-0.1, -0.05) is 26.0 Å². The number of aliphatic imine (C=N–C) groups is 1. The van der Waals surface area contributed by atoms with Gasteiger partial charge in [-0.05, 0) is 31.9 Å². The Morgan fingerprint density at radius 2 is 2.15 bits per heavy atom. The molecule has 1 aromatic carbocycles. The van der Waals surface area contributed by atoms with E-state index >= 15 is 0 Å². The summed E-state index contributed by atoms with van der Waals surface area (Å²) in [5, 5.41) is 6.84. The van der Waals surface area contributed by atoms with E-state index in [-0.39, 0.29) is 47.1 Å². The highest BCUT2D eigenvalue weighted by molar-refractivity contribution is 14.0. The van der Waals surface area contributed by atoms with E-state index in [0.29, 0.717) is 24.6 Å². The van der Waals surface area contributed by atoms with Crippen molar-refractivity contribution in [3.63, 3.8) is 0 Å². The lowest BCUT2D eigenvalue weighted by Gasteiger charge is -2.60. The Balaban J connectivity index is 0.00000261. The standard InChI is InChI=1S/C20H30FN3O2.HI/c1-13(26-16-10-6-5-9-15(16)21)12-23-19(22-4)24-17-14-8-7-11-25-18(14)20(17,2)3;/h5-6,9-10,13-14,17-18H,7-8,11-12H2,1-4H3,(H2,22,23,24);1H. The Morgan fingerprint density at radius 3 is 2.85 bits per heavy atom. The summed E-state index contributed by atoms with van der Waals surface area (Å²) >= 11 is 0. The third-order valence-corrected chi connectivity index (χ3v) is 5.57. The molecule has 0 bridgehead atoms. The molecule has 27 heavy (non-hydrogen) atoms. The topological polar surface area (TPSA) is 54.9 Å². The molecule has 2 fully saturated rings. The highest BCUT2D eigenvalue weighted by Crippen LogP contribution is 2.51. The highest BCUT2D eigenvalue weighted by atomic mass is 127. The molecule has 1 saturated heterocycles. The predicted molar refractivity (Wildman–Crippen MR) is 116 cm³/mol. The lowest BCUT2D eigenvalue weighted by atomic mass is 9.55. The summed E-state index contributed by atoms with van der Waals surface area (Å²) in [6.07, 6.45) is 2.45. The summed E-state index contributed by atoms with van der Waals surface area (Å²) in [7, 11) is 1.76. The maximum atomic E-state index is 13.7. The van der Waals surface area contributed by atoms with E-state index in [9.17, 15) is 4.39 Å². The molecule has 152 valence electrons. The number of halogens is 2. The van der Waals surface area contributed by atoms with Crippen LogP contribution in [0, 0.1) is 17.2 Å². The zero-order chi connectivity index (χ0) is 18.7. The zero-order valence-electron chi connectivity index (χ0n) is 16.5. The molecule has 2 aliphatic rings. The number of benzene rings is 1. The fraction of sp³-hybridized carbons (Fsp3) is 0.650. The van der Waals surface area contributed by atoms with Crippen LogP contribution in [0.15, 0.2) is 29.3 Å². The molecule has 1 aliphatic carbocycles. The predicted octanol–water partition coefficient (Wildman–Crippen LogP) is 3.58. The number of hydrogen-bond donors (Lipinski definition) is 2. The molecule has 0 aromatic heterocycles. The van der Waals surface area contributed by atoms with Crippen LogP contribution in [0.4, 0.5) is 4.39 Å². The van der Waals surface area contributed by atoms with Gasteiger partial charge < -0.3 is 20.1 Å². The van der Waals surface area contributed by atoms with Gasteiger partial charge in [0.1, 0.15) is 6.10 Å². The van der Waals surface area contributed by atoms with Crippen LogP contribution < -0.4 is 15.4 Å². The molecule has 0 radical (unpaired) electrons. The molecule has 1 heterocycles. The van der Waals surface area contributed by atoms with Gasteiger partial charge in [0.05, 0.1) is 12.6 Å². The second-order valence-corrected chi connectivity index (χ2v) is 7.85. The third kappa shape index (κ3) is 4.85. The SMILES string of the molecule is CN=C(NCC(C)Oc1ccccc1F)NC1C2CCCOC2C1(C)C.I. The molecule has 4 atom stereocenters. The van der Waals surface area contributed by atoms with Crippen LogP contribution in [0.1, 0.15) is 33.6 Å². The minimum absolute atomic E-state index is 0. The number of guanidine groups is 1. The number of para-hydroxylation sites is 1. The average molecular weight is 491 g/mol. The third-order valence-electron chi connectivity index (χ3n) is 5.57. The molecule has 3 rings (SSSR count). The Morgan fingerprint density at radius 1 is 1.41 bits per heavy atom. The van der Waals surface area contributed by atoms with Gasteiger partial charge in [-0.25, -0.2) is 4.39 Å². The number of nitrogens with one attached hydrogen (secondary N) is 2. The van der Waals surface area contributed by atoms with Crippen molar-refractivity contribution in [1.29, 1.82) is 0 Å². The normalized spacial score (nSPS) is 27.4. The van der Waals surface area contributed by atoms with Gasteiger partial charge >= 0.3 is 0 Å². The Labute approximate surface area is 178 Å². The summed E-state index contributed by atoms with van der Waals surface area (Å²) in [6, 6.07) is 6.79. The number of fused-ring (bicyclic) bond motifs is 1. The minimum atomic E-state index is -0.346. The van der Waals surface area contributed by atoms with Gasteiger partial charge in [0.15, 0.2) is 17.5 Å². The quantitative estimate of drug-likeness (QED) is 0.376. The zero-order valence-corrected chi connectivity index (χ0v) is 18.8. The van der Waals surface area contributed by atoms with Crippen LogP contribution in [0.5, 0.6) is 5.75 Å². The maximum absolute atomic E-state index is 13.7. The number of ether oxygens (including phenoxy) is 2. The van der Waals surface area contributed by atoms with E-state index in [4.69, 9.17) is 9.47 Å². The molecule has 1 saturated carbocycles. The molecular formula is C20H31FIN3O2. The van der Waals surface area contributed by atoms with E-state index in [1.54, 1.807) is 25.2 Å². The lowest BCUT2D eigenvalue weighted by Crippen LogP contribution is -2.71. The van der Waals surface area contributed by atoms with Crippen molar-refractivity contribution in [3.05, 3.63) is 30.1 Å². The largest absolute Gasteiger partial charge is 0.486 e. The highest BCUT2D eigenvalue weighted by Gasteiger charge is 2.58. The van der Waals surface area contributed by atoms with Crippen LogP contribution in [-0.2, 0) is 4.74 Å². The van der Waals surface area contributed by atoms with Crippen LogP contribution in [0.3, 0.4) is 0 Å². The van der Waals surface area contributed by atoms with E-state index in [2.05, 4.69) is 29.5 Å². The Bertz CT molecular complexity index is 656. The van der Waals surface area contributed by atoms with E-state index in [1.807, 2.05) is 6.92 Å². The first-order valence-electron chi connectivity index (χ1n) is 9.43. The second kappa shape index (κ2) is 9.41. The number of hydrogen-bond acceptors (Lipinski definition) is 3. The van der Waals surface area contributed by atoms with Gasteiger partial charge in [-0.2, -0.15) is 0 Å². The van der Waals surface area contributed by atoms with Crippen molar-refractivity contribution in [2.24, 2.45) is 16.3 Å². The van der Waals surface area contributed by atoms with E-state index in [0.717, 1.165) is 19.0 Å². The van der Waals surface area contributed by atoms with Crippen molar-refractivity contribution in [1.82, 2.24) is 10.6 Å². The summed E-state index contributed by atoms with van der Waals surface area (Å²) in [4.78, 5) is 4.33. The van der Waals surface area contributed by atoms with Gasteiger partial charge in [-0.15, -0.1) is 24.0 Å². The lowest BCUT2D eigenvalue weighted by molar-refractivity contribution is -0.188. The van der Waals surface area contributed by atoms with Gasteiger partial charge in [0.2, 0.25) is 0 Å². The second-order valence-electron chi connectivity index (χ2n) is 7.85. The minimum Gasteiger partial charge on any atom is -0.486 e. The molecule has 2 N–H and O–H groups in total. The van der Waals surface area contributed by atoms with E-state index in [1.165, 1.54) is 12.5 Å². The van der Waals surface area contributed by atoms with Crippen molar-refractivity contribution in [2.45, 2.75) is 51.9 Å². The number of rotatable bonds is 5. The van der Waals surface area contributed by atoms with Crippen molar-refractivity contribution in [3.8, 4) is 5.75 Å². The molecule has 1 aliphatic heterocycles. The summed E-state index contributed by atoms with van der Waals surface area (Å²) < 4.78 is 25.3. The van der Waals surface area contributed by atoms with Crippen LogP contribution in [-0.4, -0.2) is 44.4 Å². The smallest absolute Gasteiger partial charge is 0.191 e. The van der Waals surface area contributed by atoms with Crippen LogP contribution in [0.25, 0.3) is 0 Å². The summed E-state index contributed by atoms with van der Waals surface area (Å²) in [5.74, 6) is 1.20. The fourth-order valence-electron chi connectivity index (χ4n) is 4.20. The molecule has 5 nitrogen and oxygen atoms in total. The van der Waals surface area contributed by atoms with Gasteiger partial charge in [-0.3, -0.25) is 4.99 Å². The van der Waals surface area contributed by atoms with Crippen molar-refractivity contribution in [2.75, 3.05) is 20.2 Å². The molecular weight excluding hydrogens is 460 g/mol. The fourth-order valence-corrected chi connectivity index (χ4v) is 4.20. The Kier molecular flexibility index (Phi) is 7.73. The van der Waals surface area contributed by atoms with Crippen LogP contribution in [0.2, 0.25) is 0 Å². The monoisotopic (exact) mass is 491 g/mol. The molecule has 7 heteroatoms. The Hall–Kier alpha value is -1.09. The maximum Gasteiger partial charge on any atom is 0.191 e. The van der Waals surface area contributed by atoms with Crippen molar-refractivity contribution >= 4 is 29.9 Å². The average Bonchev–Trinajstić information content (AvgIpc) is 2.63. The molecule has 4 unspecified atom stereocenters. The number of nitrogens with zero attached hydrogens (tertiary/aromatic N) is 1. The van der Waals surface area contributed by atoms with Gasteiger partial charge in [0, 0.05) is 31.0 Å². The first-order valence-corrected chi connectivity index (χ1v) is 9.43. The first kappa shape index (κ1) is 22.2. The van der Waals surface area contributed by atoms with Crippen molar-refractivity contribution < 1.29 is 13.9 Å². The first-order chi connectivity index (χ1) is 12.4. The molecule has 0 amide bonds. The van der Waals surface area contributed by atoms with Crippen LogP contribution >= 0.6 is 24.0 Å². The summed E-state index contributed by atoms with van der Waals surface area (Å²) in [5.41, 5.74) is 0.0813. The summed E-state index contributed by atoms with van der Waals surface area (Å²) in [6.45, 7) is 7.80. The van der Waals surface area contributed by atoms with E-state index < -0.39 is 0 Å².